The van der Waals surface area contributed by atoms with E-state index in [9.17, 15) is 13.2 Å². The molecule has 0 aromatic heterocycles. The molecule has 7 heteroatoms. The second-order valence-electron chi connectivity index (χ2n) is 5.25. The van der Waals surface area contributed by atoms with Gasteiger partial charge in [0.1, 0.15) is 0 Å². The summed E-state index contributed by atoms with van der Waals surface area (Å²) in [5.74, 6) is -1.37. The van der Waals surface area contributed by atoms with Crippen molar-refractivity contribution in [3.63, 3.8) is 0 Å². The van der Waals surface area contributed by atoms with Crippen molar-refractivity contribution in [3.05, 3.63) is 29.3 Å². The van der Waals surface area contributed by atoms with Gasteiger partial charge in [-0.15, -0.1) is 0 Å². The van der Waals surface area contributed by atoms with E-state index in [2.05, 4.69) is 4.72 Å². The van der Waals surface area contributed by atoms with Gasteiger partial charge >= 0.3 is 5.97 Å². The number of carbonyl (C=O) groups is 1. The van der Waals surface area contributed by atoms with Crippen molar-refractivity contribution in [3.8, 4) is 6.07 Å². The predicted octanol–water partition coefficient (Wildman–Crippen LogP) is 1.40. The van der Waals surface area contributed by atoms with Gasteiger partial charge in [-0.05, 0) is 49.9 Å². The first-order valence-corrected chi connectivity index (χ1v) is 8.07. The fraction of sp³-hybridized carbons (Fsp3) is 0.429. The minimum Gasteiger partial charge on any atom is -0.481 e. The van der Waals surface area contributed by atoms with E-state index in [-0.39, 0.29) is 10.9 Å². The van der Waals surface area contributed by atoms with Gasteiger partial charge in [-0.1, -0.05) is 0 Å². The third kappa shape index (κ3) is 3.40. The zero-order chi connectivity index (χ0) is 15.6. The Kier molecular flexibility index (Phi) is 4.30. The first-order chi connectivity index (χ1) is 9.83. The predicted molar refractivity (Wildman–Crippen MR) is 75.0 cm³/mol. The molecule has 0 aliphatic heterocycles. The average Bonchev–Trinajstić information content (AvgIpc) is 2.86. The highest BCUT2D eigenvalue weighted by Crippen LogP contribution is 2.27. The molecule has 1 aromatic carbocycles. The molecule has 6 nitrogen and oxygen atoms in total. The summed E-state index contributed by atoms with van der Waals surface area (Å²) in [6.07, 6.45) is 1.31. The molecule has 2 N–H and O–H groups in total. The number of aryl methyl sites for hydroxylation is 1. The molecule has 1 aliphatic rings. The van der Waals surface area contributed by atoms with Gasteiger partial charge in [0, 0.05) is 6.04 Å². The van der Waals surface area contributed by atoms with Crippen LogP contribution in [0.5, 0.6) is 0 Å². The van der Waals surface area contributed by atoms with Crippen molar-refractivity contribution in [2.75, 3.05) is 0 Å². The highest BCUT2D eigenvalue weighted by molar-refractivity contribution is 7.89. The molecule has 1 fully saturated rings. The summed E-state index contributed by atoms with van der Waals surface area (Å²) in [6.45, 7) is 1.67. The van der Waals surface area contributed by atoms with Gasteiger partial charge < -0.3 is 5.11 Å². The monoisotopic (exact) mass is 308 g/mol. The second-order valence-corrected chi connectivity index (χ2v) is 6.97. The number of sulfonamides is 1. The van der Waals surface area contributed by atoms with Gasteiger partial charge in [0.25, 0.3) is 0 Å². The summed E-state index contributed by atoms with van der Waals surface area (Å²) in [6, 6.07) is 5.94. The number of rotatable bonds is 4. The van der Waals surface area contributed by atoms with E-state index < -0.39 is 21.9 Å². The number of hydrogen-bond acceptors (Lipinski definition) is 4. The Morgan fingerprint density at radius 1 is 1.43 bits per heavy atom. The summed E-state index contributed by atoms with van der Waals surface area (Å²) in [7, 11) is -3.69. The van der Waals surface area contributed by atoms with Crippen LogP contribution in [0.1, 0.15) is 30.4 Å². The molecule has 1 saturated carbocycles. The molecule has 0 saturated heterocycles. The lowest BCUT2D eigenvalue weighted by molar-refractivity contribution is -0.141. The highest BCUT2D eigenvalue weighted by atomic mass is 32.2. The molecule has 2 atom stereocenters. The Hall–Kier alpha value is -1.91. The zero-order valence-electron chi connectivity index (χ0n) is 11.5. The Bertz CT molecular complexity index is 706. The van der Waals surface area contributed by atoms with E-state index in [0.717, 1.165) is 0 Å². The summed E-state index contributed by atoms with van der Waals surface area (Å²) in [5, 5.41) is 17.8. The van der Waals surface area contributed by atoms with E-state index in [0.29, 0.717) is 30.4 Å². The molecule has 2 rings (SSSR count). The van der Waals surface area contributed by atoms with E-state index in [1.54, 1.807) is 6.92 Å². The van der Waals surface area contributed by atoms with Crippen LogP contribution >= 0.6 is 0 Å². The number of hydrogen-bond donors (Lipinski definition) is 2. The lowest BCUT2D eigenvalue weighted by Crippen LogP contribution is -2.33. The standard InChI is InChI=1S/C14H16N2O4S/c1-9-6-13(5-3-11(9)8-15)21(19,20)16-12-4-2-10(7-12)14(17)18/h3,5-6,10,12,16H,2,4,7H2,1H3,(H,17,18)/t10-,12+/m1/s1. The Morgan fingerprint density at radius 3 is 2.67 bits per heavy atom. The molecule has 1 aromatic rings. The minimum absolute atomic E-state index is 0.0952. The van der Waals surface area contributed by atoms with Crippen molar-refractivity contribution in [1.29, 1.82) is 5.26 Å². The topological polar surface area (TPSA) is 107 Å². The van der Waals surface area contributed by atoms with Crippen LogP contribution in [0, 0.1) is 24.2 Å². The van der Waals surface area contributed by atoms with Gasteiger partial charge in [-0.25, -0.2) is 13.1 Å². The summed E-state index contributed by atoms with van der Waals surface area (Å²) in [5.41, 5.74) is 1.02. The molecular formula is C14H16N2O4S. The lowest BCUT2D eigenvalue weighted by atomic mass is 10.1. The van der Waals surface area contributed by atoms with Crippen LogP contribution in [0.3, 0.4) is 0 Å². The largest absolute Gasteiger partial charge is 0.481 e. The molecule has 0 spiro atoms. The molecule has 1 aliphatic carbocycles. The first-order valence-electron chi connectivity index (χ1n) is 6.59. The number of benzene rings is 1. The van der Waals surface area contributed by atoms with Crippen LogP contribution in [-0.2, 0) is 14.8 Å². The first kappa shape index (κ1) is 15.5. The van der Waals surface area contributed by atoms with E-state index in [1.807, 2.05) is 6.07 Å². The van der Waals surface area contributed by atoms with Crippen LogP contribution < -0.4 is 4.72 Å². The second kappa shape index (κ2) is 5.84. The summed E-state index contributed by atoms with van der Waals surface area (Å²) >= 11 is 0. The van der Waals surface area contributed by atoms with Crippen molar-refractivity contribution in [2.24, 2.45) is 5.92 Å². The van der Waals surface area contributed by atoms with Crippen LogP contribution in [0.15, 0.2) is 23.1 Å². The quantitative estimate of drug-likeness (QED) is 0.874. The van der Waals surface area contributed by atoms with Crippen molar-refractivity contribution < 1.29 is 18.3 Å². The number of aliphatic carboxylic acids is 1. The van der Waals surface area contributed by atoms with E-state index in [4.69, 9.17) is 10.4 Å². The number of nitrogens with one attached hydrogen (secondary N) is 1. The Balaban J connectivity index is 2.15. The van der Waals surface area contributed by atoms with Crippen LogP contribution in [0.4, 0.5) is 0 Å². The van der Waals surface area contributed by atoms with Gasteiger partial charge in [0.15, 0.2) is 0 Å². The molecule has 21 heavy (non-hydrogen) atoms. The molecule has 112 valence electrons. The highest BCUT2D eigenvalue weighted by Gasteiger charge is 2.32. The van der Waals surface area contributed by atoms with Gasteiger partial charge in [-0.2, -0.15) is 5.26 Å². The number of carboxylic acid groups (broad SMARTS) is 1. The fourth-order valence-electron chi connectivity index (χ4n) is 2.53. The Morgan fingerprint density at radius 2 is 2.14 bits per heavy atom. The van der Waals surface area contributed by atoms with Crippen LogP contribution in [0.25, 0.3) is 0 Å². The van der Waals surface area contributed by atoms with Gasteiger partial charge in [-0.3, -0.25) is 4.79 Å². The summed E-state index contributed by atoms with van der Waals surface area (Å²) < 4.78 is 27.1. The van der Waals surface area contributed by atoms with E-state index >= 15 is 0 Å². The minimum atomic E-state index is -3.69. The maximum atomic E-state index is 12.3. The third-order valence-corrected chi connectivity index (χ3v) is 5.25. The smallest absolute Gasteiger partial charge is 0.306 e. The van der Waals surface area contributed by atoms with Crippen molar-refractivity contribution in [1.82, 2.24) is 4.72 Å². The van der Waals surface area contributed by atoms with Crippen molar-refractivity contribution >= 4 is 16.0 Å². The molecular weight excluding hydrogens is 292 g/mol. The number of carboxylic acids is 1. The molecule has 0 radical (unpaired) electrons. The zero-order valence-corrected chi connectivity index (χ0v) is 12.4. The van der Waals surface area contributed by atoms with Gasteiger partial charge in [0.2, 0.25) is 10.0 Å². The van der Waals surface area contributed by atoms with Crippen LogP contribution in [0.2, 0.25) is 0 Å². The summed E-state index contributed by atoms with van der Waals surface area (Å²) in [4.78, 5) is 11.0. The fourth-order valence-corrected chi connectivity index (χ4v) is 3.90. The molecule has 0 heterocycles. The molecule has 0 amide bonds. The maximum Gasteiger partial charge on any atom is 0.306 e. The van der Waals surface area contributed by atoms with Gasteiger partial charge in [0.05, 0.1) is 22.4 Å². The third-order valence-electron chi connectivity index (χ3n) is 3.73. The number of nitriles is 1. The molecule has 0 bridgehead atoms. The van der Waals surface area contributed by atoms with Crippen LogP contribution in [-0.4, -0.2) is 25.5 Å². The SMILES string of the molecule is Cc1cc(S(=O)(=O)N[C@H]2CC[C@@H](C(=O)O)C2)ccc1C#N. The number of nitrogens with zero attached hydrogens (tertiary/aromatic N) is 1. The molecule has 0 unspecified atom stereocenters. The Labute approximate surface area is 123 Å². The average molecular weight is 308 g/mol. The lowest BCUT2D eigenvalue weighted by Gasteiger charge is -2.13. The van der Waals surface area contributed by atoms with Crippen molar-refractivity contribution in [2.45, 2.75) is 37.1 Å². The maximum absolute atomic E-state index is 12.3. The normalized spacial score (nSPS) is 21.9. The van der Waals surface area contributed by atoms with E-state index in [1.165, 1.54) is 18.2 Å².